The number of ether oxygens (including phenoxy) is 1. The van der Waals surface area contributed by atoms with Crippen LogP contribution >= 0.6 is 11.6 Å². The van der Waals surface area contributed by atoms with Gasteiger partial charge in [-0.05, 0) is 65.4 Å². The second-order valence-corrected chi connectivity index (χ2v) is 7.90. The first-order valence-electron chi connectivity index (χ1n) is 10.4. The lowest BCUT2D eigenvalue weighted by atomic mass is 10.1. The van der Waals surface area contributed by atoms with Crippen LogP contribution in [0.25, 0.3) is 10.8 Å². The van der Waals surface area contributed by atoms with Gasteiger partial charge in [0.2, 0.25) is 5.88 Å². The molecule has 0 aliphatic carbocycles. The second-order valence-electron chi connectivity index (χ2n) is 7.46. The number of pyridine rings is 1. The summed E-state index contributed by atoms with van der Waals surface area (Å²) >= 11 is 5.89. The first kappa shape index (κ1) is 22.3. The van der Waals surface area contributed by atoms with Crippen molar-refractivity contribution in [2.24, 2.45) is 0 Å². The van der Waals surface area contributed by atoms with Gasteiger partial charge in [0, 0.05) is 28.7 Å². The number of nitrogens with one attached hydrogen (secondary N) is 1. The molecule has 3 aromatic carbocycles. The highest BCUT2D eigenvalue weighted by Gasteiger charge is 2.12. The number of carboxylic acids is 1. The van der Waals surface area contributed by atoms with Crippen LogP contribution in [0.3, 0.4) is 0 Å². The maximum Gasteiger partial charge on any atom is 0.307 e. The molecule has 0 spiro atoms. The van der Waals surface area contributed by atoms with Crippen LogP contribution in [0.5, 0.6) is 11.6 Å². The van der Waals surface area contributed by atoms with Gasteiger partial charge in [0.1, 0.15) is 5.75 Å². The molecule has 6 nitrogen and oxygen atoms in total. The van der Waals surface area contributed by atoms with Gasteiger partial charge < -0.3 is 15.2 Å². The van der Waals surface area contributed by atoms with Crippen molar-refractivity contribution in [2.45, 2.75) is 12.8 Å². The average molecular weight is 461 g/mol. The highest BCUT2D eigenvalue weighted by molar-refractivity contribution is 6.30. The molecule has 0 bridgehead atoms. The maximum absolute atomic E-state index is 12.4. The molecule has 0 unspecified atom stereocenters. The number of rotatable bonds is 8. The number of benzene rings is 3. The number of carbonyl (C=O) groups excluding carboxylic acids is 1. The number of fused-ring (bicyclic) bond motifs is 1. The summed E-state index contributed by atoms with van der Waals surface area (Å²) in [6.45, 7) is 0.511. The minimum Gasteiger partial charge on any atom is -0.481 e. The molecule has 0 atom stereocenters. The van der Waals surface area contributed by atoms with Crippen LogP contribution in [0, 0.1) is 0 Å². The van der Waals surface area contributed by atoms with Crippen LogP contribution in [0.15, 0.2) is 79.0 Å². The van der Waals surface area contributed by atoms with Gasteiger partial charge in [0.15, 0.2) is 0 Å². The predicted octanol–water partition coefficient (Wildman–Crippen LogP) is 5.28. The standard InChI is InChI=1S/C26H21ClN2O4/c27-20-9-5-17(6-10-20)13-14-28-25(32)18-7-11-21(12-8-18)33-26-23-4-2-1-3-22(23)19(16-29-26)15-24(30)31/h1-12,16H,13-15H2,(H,28,32)(H,30,31). The lowest BCUT2D eigenvalue weighted by Gasteiger charge is -2.11. The largest absolute Gasteiger partial charge is 0.481 e. The van der Waals surface area contributed by atoms with Crippen LogP contribution < -0.4 is 10.1 Å². The van der Waals surface area contributed by atoms with E-state index < -0.39 is 5.97 Å². The van der Waals surface area contributed by atoms with E-state index in [0.29, 0.717) is 40.7 Å². The minimum atomic E-state index is -0.919. The number of nitrogens with zero attached hydrogens (tertiary/aromatic N) is 1. The minimum absolute atomic E-state index is 0.115. The summed E-state index contributed by atoms with van der Waals surface area (Å²) in [6.07, 6.45) is 2.12. The maximum atomic E-state index is 12.4. The third kappa shape index (κ3) is 5.67. The Balaban J connectivity index is 1.41. The zero-order valence-electron chi connectivity index (χ0n) is 17.6. The Morgan fingerprint density at radius 1 is 0.939 bits per heavy atom. The third-order valence-corrected chi connectivity index (χ3v) is 5.38. The fourth-order valence-corrected chi connectivity index (χ4v) is 3.60. The molecular weight excluding hydrogens is 440 g/mol. The number of hydrogen-bond donors (Lipinski definition) is 2. The van der Waals surface area contributed by atoms with Crippen LogP contribution in [0.1, 0.15) is 21.5 Å². The molecule has 1 amide bonds. The molecule has 0 fully saturated rings. The van der Waals surface area contributed by atoms with E-state index in [1.165, 1.54) is 6.20 Å². The molecule has 33 heavy (non-hydrogen) atoms. The fraction of sp³-hybridized carbons (Fsp3) is 0.115. The van der Waals surface area contributed by atoms with Gasteiger partial charge >= 0.3 is 5.97 Å². The van der Waals surface area contributed by atoms with Gasteiger partial charge in [-0.3, -0.25) is 9.59 Å². The summed E-state index contributed by atoms with van der Waals surface area (Å²) < 4.78 is 5.93. The van der Waals surface area contributed by atoms with E-state index in [1.807, 2.05) is 48.5 Å². The van der Waals surface area contributed by atoms with E-state index in [1.54, 1.807) is 24.3 Å². The predicted molar refractivity (Wildman–Crippen MR) is 127 cm³/mol. The van der Waals surface area contributed by atoms with E-state index in [9.17, 15) is 9.59 Å². The topological polar surface area (TPSA) is 88.5 Å². The molecule has 7 heteroatoms. The Labute approximate surface area is 195 Å². The molecule has 1 heterocycles. The lowest BCUT2D eigenvalue weighted by Crippen LogP contribution is -2.25. The number of halogens is 1. The van der Waals surface area contributed by atoms with E-state index in [-0.39, 0.29) is 12.3 Å². The Morgan fingerprint density at radius 2 is 1.64 bits per heavy atom. The molecule has 0 radical (unpaired) electrons. The number of aromatic nitrogens is 1. The quantitative estimate of drug-likeness (QED) is 0.373. The summed E-state index contributed by atoms with van der Waals surface area (Å²) in [4.78, 5) is 27.9. The summed E-state index contributed by atoms with van der Waals surface area (Å²) in [5.41, 5.74) is 2.24. The second kappa shape index (κ2) is 10.1. The zero-order chi connectivity index (χ0) is 23.2. The van der Waals surface area contributed by atoms with Crippen LogP contribution in [0.2, 0.25) is 5.02 Å². The molecule has 0 saturated heterocycles. The van der Waals surface area contributed by atoms with Gasteiger partial charge in [-0.1, -0.05) is 41.9 Å². The van der Waals surface area contributed by atoms with Crippen molar-refractivity contribution in [3.8, 4) is 11.6 Å². The number of aliphatic carboxylic acids is 1. The first-order chi connectivity index (χ1) is 16.0. The van der Waals surface area contributed by atoms with Crippen molar-refractivity contribution in [3.63, 3.8) is 0 Å². The zero-order valence-corrected chi connectivity index (χ0v) is 18.4. The van der Waals surface area contributed by atoms with Crippen molar-refractivity contribution < 1.29 is 19.4 Å². The number of carboxylic acid groups (broad SMARTS) is 1. The molecule has 0 aliphatic heterocycles. The van der Waals surface area contributed by atoms with E-state index in [4.69, 9.17) is 21.4 Å². The smallest absolute Gasteiger partial charge is 0.307 e. The van der Waals surface area contributed by atoms with Crippen LogP contribution in [-0.2, 0) is 17.6 Å². The van der Waals surface area contributed by atoms with Gasteiger partial charge in [-0.15, -0.1) is 0 Å². The summed E-state index contributed by atoms with van der Waals surface area (Å²) in [5, 5.41) is 14.2. The van der Waals surface area contributed by atoms with Gasteiger partial charge in [-0.25, -0.2) is 4.98 Å². The van der Waals surface area contributed by atoms with Gasteiger partial charge in [0.05, 0.1) is 6.42 Å². The highest BCUT2D eigenvalue weighted by Crippen LogP contribution is 2.30. The highest BCUT2D eigenvalue weighted by atomic mass is 35.5. The Morgan fingerprint density at radius 3 is 2.33 bits per heavy atom. The Kier molecular flexibility index (Phi) is 6.86. The fourth-order valence-electron chi connectivity index (χ4n) is 3.47. The number of hydrogen-bond acceptors (Lipinski definition) is 4. The van der Waals surface area contributed by atoms with Gasteiger partial charge in [-0.2, -0.15) is 0 Å². The number of amides is 1. The average Bonchev–Trinajstić information content (AvgIpc) is 2.82. The normalized spacial score (nSPS) is 10.7. The monoisotopic (exact) mass is 460 g/mol. The Bertz CT molecular complexity index is 1290. The summed E-state index contributed by atoms with van der Waals surface area (Å²) in [6, 6.07) is 21.7. The van der Waals surface area contributed by atoms with Crippen LogP contribution in [-0.4, -0.2) is 28.5 Å². The SMILES string of the molecule is O=C(O)Cc1cnc(Oc2ccc(C(=O)NCCc3ccc(Cl)cc3)cc2)c2ccccc12. The molecular formula is C26H21ClN2O4. The molecule has 2 N–H and O–H groups in total. The molecule has 4 rings (SSSR count). The van der Waals surface area contributed by atoms with Crippen LogP contribution in [0.4, 0.5) is 0 Å². The van der Waals surface area contributed by atoms with Crippen molar-refractivity contribution in [1.29, 1.82) is 0 Å². The Hall–Kier alpha value is -3.90. The summed E-state index contributed by atoms with van der Waals surface area (Å²) in [7, 11) is 0. The first-order valence-corrected chi connectivity index (χ1v) is 10.8. The van der Waals surface area contributed by atoms with E-state index >= 15 is 0 Å². The van der Waals surface area contributed by atoms with Crippen molar-refractivity contribution in [1.82, 2.24) is 10.3 Å². The van der Waals surface area contributed by atoms with Gasteiger partial charge in [0.25, 0.3) is 5.91 Å². The van der Waals surface area contributed by atoms with Crippen molar-refractivity contribution in [3.05, 3.63) is 101 Å². The molecule has 4 aromatic rings. The molecule has 1 aromatic heterocycles. The molecule has 0 saturated carbocycles. The molecule has 0 aliphatic rings. The summed E-state index contributed by atoms with van der Waals surface area (Å²) in [5.74, 6) is -0.189. The van der Waals surface area contributed by atoms with Crippen molar-refractivity contribution >= 4 is 34.2 Å². The van der Waals surface area contributed by atoms with Crippen molar-refractivity contribution in [2.75, 3.05) is 6.54 Å². The van der Waals surface area contributed by atoms with E-state index in [2.05, 4.69) is 10.3 Å². The lowest BCUT2D eigenvalue weighted by molar-refractivity contribution is -0.136. The van der Waals surface area contributed by atoms with E-state index in [0.717, 1.165) is 16.3 Å². The molecule has 166 valence electrons. The number of carbonyl (C=O) groups is 2. The third-order valence-electron chi connectivity index (χ3n) is 5.13.